The lowest BCUT2D eigenvalue weighted by Crippen LogP contribution is -2.25. The van der Waals surface area contributed by atoms with E-state index >= 15 is 0 Å². The van der Waals surface area contributed by atoms with Crippen LogP contribution in [0.4, 0.5) is 4.39 Å². The average Bonchev–Trinajstić information content (AvgIpc) is 3.24. The Morgan fingerprint density at radius 2 is 2.33 bits per heavy atom. The first-order valence-electron chi connectivity index (χ1n) is 7.73. The van der Waals surface area contributed by atoms with Crippen LogP contribution in [-0.4, -0.2) is 44.6 Å². The zero-order valence-electron chi connectivity index (χ0n) is 13.0. The Bertz CT molecular complexity index is 690. The number of aromatic nitrogens is 4. The number of halogens is 1. The average molecular weight is 351 g/mol. The van der Waals surface area contributed by atoms with Crippen molar-refractivity contribution in [1.29, 1.82) is 0 Å². The number of hydrogen-bond acceptors (Lipinski definition) is 6. The number of carbonyl (C=O) groups excluding carboxylic acids is 1. The number of amides is 1. The van der Waals surface area contributed by atoms with Gasteiger partial charge in [-0.15, -0.1) is 5.10 Å². The molecule has 1 fully saturated rings. The molecule has 1 aliphatic rings. The first kappa shape index (κ1) is 16.8. The van der Waals surface area contributed by atoms with Crippen LogP contribution in [0.15, 0.2) is 29.4 Å². The van der Waals surface area contributed by atoms with Crippen molar-refractivity contribution in [2.45, 2.75) is 37.2 Å². The molecule has 1 amide bonds. The van der Waals surface area contributed by atoms with E-state index in [-0.39, 0.29) is 30.1 Å². The highest BCUT2D eigenvalue weighted by Gasteiger charge is 2.19. The van der Waals surface area contributed by atoms with Crippen molar-refractivity contribution in [1.82, 2.24) is 25.5 Å². The first-order chi connectivity index (χ1) is 11.7. The fraction of sp³-hybridized carbons (Fsp3) is 0.467. The van der Waals surface area contributed by atoms with Crippen molar-refractivity contribution in [3.63, 3.8) is 0 Å². The number of thioether (sulfide) groups is 1. The highest BCUT2D eigenvalue weighted by atomic mass is 32.2. The molecular formula is C15H18FN5O2S. The molecule has 1 atom stereocenters. The molecule has 0 saturated carbocycles. The van der Waals surface area contributed by atoms with E-state index in [1.54, 1.807) is 22.9 Å². The van der Waals surface area contributed by atoms with E-state index < -0.39 is 0 Å². The summed E-state index contributed by atoms with van der Waals surface area (Å²) in [7, 11) is 0. The molecule has 0 aliphatic carbocycles. The normalized spacial score (nSPS) is 17.1. The minimum absolute atomic E-state index is 0.128. The maximum Gasteiger partial charge on any atom is 0.230 e. The molecule has 0 unspecified atom stereocenters. The standard InChI is InChI=1S/C15H18FN5O2S/c16-13-6-2-1-4-11(13)8-17-14(22)10-24-15-18-19-20-21(15)9-12-5-3-7-23-12/h1-2,4,6,12H,3,5,7-10H2,(H,17,22)/t12-/m1/s1. The molecule has 2 aromatic rings. The number of rotatable bonds is 7. The zero-order valence-corrected chi connectivity index (χ0v) is 13.8. The molecule has 1 saturated heterocycles. The van der Waals surface area contributed by atoms with E-state index in [1.807, 2.05) is 0 Å². The Morgan fingerprint density at radius 1 is 1.46 bits per heavy atom. The molecule has 0 bridgehead atoms. The SMILES string of the molecule is O=C(CSc1nnnn1C[C@H]1CCCO1)NCc1ccccc1F. The van der Waals surface area contributed by atoms with Gasteiger partial charge in [-0.2, -0.15) is 0 Å². The number of tetrazole rings is 1. The maximum atomic E-state index is 13.5. The van der Waals surface area contributed by atoms with Crippen LogP contribution >= 0.6 is 11.8 Å². The van der Waals surface area contributed by atoms with Gasteiger partial charge >= 0.3 is 0 Å². The monoisotopic (exact) mass is 351 g/mol. The van der Waals surface area contributed by atoms with E-state index in [1.165, 1.54) is 17.8 Å². The van der Waals surface area contributed by atoms with Crippen molar-refractivity contribution in [2.75, 3.05) is 12.4 Å². The molecule has 1 aromatic heterocycles. The lowest BCUT2D eigenvalue weighted by molar-refractivity contribution is -0.118. The second-order valence-electron chi connectivity index (χ2n) is 5.44. The quantitative estimate of drug-likeness (QED) is 0.760. The van der Waals surface area contributed by atoms with E-state index in [0.29, 0.717) is 17.3 Å². The molecule has 1 aliphatic heterocycles. The predicted octanol–water partition coefficient (Wildman–Crippen LogP) is 1.40. The molecule has 3 rings (SSSR count). The number of benzene rings is 1. The van der Waals surface area contributed by atoms with Gasteiger partial charge < -0.3 is 10.1 Å². The summed E-state index contributed by atoms with van der Waals surface area (Å²) >= 11 is 1.25. The molecule has 1 aromatic carbocycles. The topological polar surface area (TPSA) is 81.9 Å². The molecule has 24 heavy (non-hydrogen) atoms. The van der Waals surface area contributed by atoms with Gasteiger partial charge in [0, 0.05) is 18.7 Å². The number of nitrogens with one attached hydrogen (secondary N) is 1. The predicted molar refractivity (Wildman–Crippen MR) is 85.8 cm³/mol. The lowest BCUT2D eigenvalue weighted by Gasteiger charge is -2.10. The molecular weight excluding hydrogens is 333 g/mol. The summed E-state index contributed by atoms with van der Waals surface area (Å²) in [5.41, 5.74) is 0.457. The van der Waals surface area contributed by atoms with E-state index in [0.717, 1.165) is 19.4 Å². The van der Waals surface area contributed by atoms with Gasteiger partial charge in [-0.25, -0.2) is 9.07 Å². The highest BCUT2D eigenvalue weighted by molar-refractivity contribution is 7.99. The molecule has 128 valence electrons. The van der Waals surface area contributed by atoms with Crippen molar-refractivity contribution in [2.24, 2.45) is 0 Å². The van der Waals surface area contributed by atoms with Crippen LogP contribution < -0.4 is 5.32 Å². The van der Waals surface area contributed by atoms with Gasteiger partial charge in [-0.05, 0) is 29.3 Å². The van der Waals surface area contributed by atoms with E-state index in [2.05, 4.69) is 20.8 Å². The summed E-state index contributed by atoms with van der Waals surface area (Å²) in [6.07, 6.45) is 2.17. The molecule has 2 heterocycles. The smallest absolute Gasteiger partial charge is 0.230 e. The van der Waals surface area contributed by atoms with Gasteiger partial charge in [0.15, 0.2) is 0 Å². The minimum atomic E-state index is -0.328. The van der Waals surface area contributed by atoms with E-state index in [4.69, 9.17) is 4.74 Å². The first-order valence-corrected chi connectivity index (χ1v) is 8.71. The van der Waals surface area contributed by atoms with Crippen LogP contribution in [0.2, 0.25) is 0 Å². The molecule has 9 heteroatoms. The second-order valence-corrected chi connectivity index (χ2v) is 6.38. The number of carbonyl (C=O) groups is 1. The van der Waals surface area contributed by atoms with Crippen LogP contribution in [0.3, 0.4) is 0 Å². The summed E-state index contributed by atoms with van der Waals surface area (Å²) in [4.78, 5) is 11.9. The zero-order chi connectivity index (χ0) is 16.8. The summed E-state index contributed by atoms with van der Waals surface area (Å²) in [5, 5.41) is 14.8. The van der Waals surface area contributed by atoms with Crippen LogP contribution in [0.1, 0.15) is 18.4 Å². The van der Waals surface area contributed by atoms with Gasteiger partial charge in [-0.3, -0.25) is 4.79 Å². The fourth-order valence-electron chi connectivity index (χ4n) is 2.41. The third-order valence-corrected chi connectivity index (χ3v) is 4.62. The maximum absolute atomic E-state index is 13.5. The van der Waals surface area contributed by atoms with Crippen molar-refractivity contribution < 1.29 is 13.9 Å². The summed E-state index contributed by atoms with van der Waals surface area (Å²) in [6.45, 7) is 1.52. The Morgan fingerprint density at radius 3 is 3.12 bits per heavy atom. The van der Waals surface area contributed by atoms with Crippen LogP contribution in [-0.2, 0) is 22.6 Å². The van der Waals surface area contributed by atoms with Crippen molar-refractivity contribution in [3.8, 4) is 0 Å². The van der Waals surface area contributed by atoms with Gasteiger partial charge in [0.1, 0.15) is 5.82 Å². The van der Waals surface area contributed by atoms with Gasteiger partial charge in [0.05, 0.1) is 18.4 Å². The molecule has 0 spiro atoms. The Kier molecular flexibility index (Phi) is 5.76. The fourth-order valence-corrected chi connectivity index (χ4v) is 3.13. The van der Waals surface area contributed by atoms with Gasteiger partial charge in [-0.1, -0.05) is 30.0 Å². The third kappa shape index (κ3) is 4.51. The summed E-state index contributed by atoms with van der Waals surface area (Å²) < 4.78 is 20.7. The van der Waals surface area contributed by atoms with Crippen molar-refractivity contribution >= 4 is 17.7 Å². The lowest BCUT2D eigenvalue weighted by atomic mass is 10.2. The molecule has 0 radical (unpaired) electrons. The van der Waals surface area contributed by atoms with Gasteiger partial charge in [0.25, 0.3) is 0 Å². The van der Waals surface area contributed by atoms with Crippen LogP contribution in [0.5, 0.6) is 0 Å². The summed E-state index contributed by atoms with van der Waals surface area (Å²) in [6, 6.07) is 6.36. The van der Waals surface area contributed by atoms with Crippen LogP contribution in [0.25, 0.3) is 0 Å². The van der Waals surface area contributed by atoms with Gasteiger partial charge in [0.2, 0.25) is 11.1 Å². The summed E-state index contributed by atoms with van der Waals surface area (Å²) in [5.74, 6) is -0.360. The second kappa shape index (κ2) is 8.20. The molecule has 7 nitrogen and oxygen atoms in total. The van der Waals surface area contributed by atoms with Crippen molar-refractivity contribution in [3.05, 3.63) is 35.6 Å². The minimum Gasteiger partial charge on any atom is -0.376 e. The number of nitrogens with zero attached hydrogens (tertiary/aromatic N) is 4. The third-order valence-electron chi connectivity index (χ3n) is 3.67. The Labute approximate surface area is 142 Å². The van der Waals surface area contributed by atoms with E-state index in [9.17, 15) is 9.18 Å². The number of ether oxygens (including phenoxy) is 1. The van der Waals surface area contributed by atoms with Crippen LogP contribution in [0, 0.1) is 5.82 Å². The largest absolute Gasteiger partial charge is 0.376 e. The highest BCUT2D eigenvalue weighted by Crippen LogP contribution is 2.18. The Balaban J connectivity index is 1.46. The number of hydrogen-bond donors (Lipinski definition) is 1. The molecule has 1 N–H and O–H groups in total. The Hall–Kier alpha value is -2.00.